The van der Waals surface area contributed by atoms with Gasteiger partial charge in [0.15, 0.2) is 5.82 Å². The molecule has 2 aromatic heterocycles. The zero-order valence-corrected chi connectivity index (χ0v) is 14.0. The van der Waals surface area contributed by atoms with Crippen LogP contribution in [0.5, 0.6) is 0 Å². The van der Waals surface area contributed by atoms with Crippen LogP contribution in [0.3, 0.4) is 0 Å². The van der Waals surface area contributed by atoms with Crippen LogP contribution in [0, 0.1) is 6.92 Å². The van der Waals surface area contributed by atoms with Gasteiger partial charge in [-0.25, -0.2) is 9.97 Å². The number of aryl methyl sites for hydroxylation is 1. The van der Waals surface area contributed by atoms with Crippen LogP contribution in [0.25, 0.3) is 5.82 Å². The van der Waals surface area contributed by atoms with Crippen molar-refractivity contribution in [2.75, 3.05) is 6.54 Å². The highest BCUT2D eigenvalue weighted by atomic mass is 16.2. The summed E-state index contributed by atoms with van der Waals surface area (Å²) in [5, 5.41) is 0. The third-order valence-electron chi connectivity index (χ3n) is 4.59. The van der Waals surface area contributed by atoms with Gasteiger partial charge in [0, 0.05) is 24.5 Å². The van der Waals surface area contributed by atoms with E-state index in [1.54, 1.807) is 18.6 Å². The monoisotopic (exact) mass is 333 g/mol. The molecule has 6 heteroatoms. The van der Waals surface area contributed by atoms with Crippen molar-refractivity contribution >= 4 is 5.91 Å². The maximum Gasteiger partial charge on any atom is 0.254 e. The highest BCUT2D eigenvalue weighted by molar-refractivity contribution is 5.94. The number of aromatic nitrogens is 4. The Kier molecular flexibility index (Phi) is 4.01. The molecule has 0 unspecified atom stereocenters. The molecule has 3 aromatic rings. The molecule has 1 saturated heterocycles. The fourth-order valence-electron chi connectivity index (χ4n) is 3.33. The van der Waals surface area contributed by atoms with E-state index in [0.29, 0.717) is 5.56 Å². The van der Waals surface area contributed by atoms with Crippen LogP contribution in [0.15, 0.2) is 55.1 Å². The molecule has 1 aromatic carbocycles. The molecule has 6 nitrogen and oxygen atoms in total. The van der Waals surface area contributed by atoms with E-state index >= 15 is 0 Å². The van der Waals surface area contributed by atoms with Crippen molar-refractivity contribution in [2.24, 2.45) is 0 Å². The van der Waals surface area contributed by atoms with Crippen molar-refractivity contribution < 1.29 is 4.79 Å². The Morgan fingerprint density at radius 3 is 2.80 bits per heavy atom. The summed E-state index contributed by atoms with van der Waals surface area (Å²) < 4.78 is 1.90. The van der Waals surface area contributed by atoms with E-state index in [4.69, 9.17) is 4.98 Å². The van der Waals surface area contributed by atoms with Crippen LogP contribution in [0.4, 0.5) is 0 Å². The summed E-state index contributed by atoms with van der Waals surface area (Å²) in [5.74, 6) is 1.63. The normalized spacial score (nSPS) is 17.0. The molecular weight excluding hydrogens is 314 g/mol. The number of amides is 1. The van der Waals surface area contributed by atoms with Crippen molar-refractivity contribution in [1.29, 1.82) is 0 Å². The minimum absolute atomic E-state index is 0.0380. The average molecular weight is 333 g/mol. The van der Waals surface area contributed by atoms with Crippen molar-refractivity contribution in [3.05, 3.63) is 72.2 Å². The fourth-order valence-corrected chi connectivity index (χ4v) is 3.33. The lowest BCUT2D eigenvalue weighted by atomic mass is 10.1. The minimum Gasteiger partial charge on any atom is -0.330 e. The molecule has 3 heterocycles. The molecule has 25 heavy (non-hydrogen) atoms. The summed E-state index contributed by atoms with van der Waals surface area (Å²) in [5.41, 5.74) is 1.54. The standard InChI is InChI=1S/C19H19N5O/c1-14-21-9-11-23(14)18-13-20-12-16(22-18)17-8-5-10-24(17)19(25)15-6-3-2-4-7-15/h2-4,6-7,9,11-13,17H,5,8,10H2,1H3/t17-/m0/s1. The molecule has 0 aliphatic carbocycles. The number of benzene rings is 1. The van der Waals surface area contributed by atoms with Crippen molar-refractivity contribution in [1.82, 2.24) is 24.4 Å². The number of likely N-dealkylation sites (tertiary alicyclic amines) is 1. The zero-order chi connectivity index (χ0) is 17.2. The van der Waals surface area contributed by atoms with Crippen LogP contribution < -0.4 is 0 Å². The van der Waals surface area contributed by atoms with Gasteiger partial charge in [0.25, 0.3) is 5.91 Å². The first-order valence-corrected chi connectivity index (χ1v) is 8.42. The van der Waals surface area contributed by atoms with E-state index in [9.17, 15) is 4.79 Å². The van der Waals surface area contributed by atoms with Crippen LogP contribution >= 0.6 is 0 Å². The van der Waals surface area contributed by atoms with Crippen LogP contribution in [0.1, 0.15) is 40.8 Å². The lowest BCUT2D eigenvalue weighted by Gasteiger charge is -2.24. The molecule has 1 fully saturated rings. The SMILES string of the molecule is Cc1nccn1-c1cncc([C@@H]2CCCN2C(=O)c2ccccc2)n1. The van der Waals surface area contributed by atoms with E-state index in [0.717, 1.165) is 36.7 Å². The fraction of sp³-hybridized carbons (Fsp3) is 0.263. The Bertz CT molecular complexity index is 890. The smallest absolute Gasteiger partial charge is 0.254 e. The van der Waals surface area contributed by atoms with Gasteiger partial charge < -0.3 is 4.90 Å². The summed E-state index contributed by atoms with van der Waals surface area (Å²) in [4.78, 5) is 28.1. The molecule has 126 valence electrons. The second kappa shape index (κ2) is 6.47. The lowest BCUT2D eigenvalue weighted by molar-refractivity contribution is 0.0732. The average Bonchev–Trinajstić information content (AvgIpc) is 3.31. The Balaban J connectivity index is 1.65. The molecule has 4 rings (SSSR count). The number of hydrogen-bond donors (Lipinski definition) is 0. The van der Waals surface area contributed by atoms with E-state index in [-0.39, 0.29) is 11.9 Å². The molecule has 1 amide bonds. The zero-order valence-electron chi connectivity index (χ0n) is 14.0. The number of nitrogens with zero attached hydrogens (tertiary/aromatic N) is 5. The first-order chi connectivity index (χ1) is 12.2. The first-order valence-electron chi connectivity index (χ1n) is 8.42. The molecule has 1 atom stereocenters. The van der Waals surface area contributed by atoms with Gasteiger partial charge in [0.1, 0.15) is 5.82 Å². The van der Waals surface area contributed by atoms with E-state index in [1.165, 1.54) is 0 Å². The second-order valence-corrected chi connectivity index (χ2v) is 6.17. The van der Waals surface area contributed by atoms with Gasteiger partial charge >= 0.3 is 0 Å². The molecule has 0 radical (unpaired) electrons. The Labute approximate surface area is 146 Å². The Morgan fingerprint density at radius 2 is 2.04 bits per heavy atom. The molecule has 0 spiro atoms. The predicted octanol–water partition coefficient (Wildman–Crippen LogP) is 2.95. The molecule has 0 bridgehead atoms. The Morgan fingerprint density at radius 1 is 1.20 bits per heavy atom. The highest BCUT2D eigenvalue weighted by Crippen LogP contribution is 2.32. The Hall–Kier alpha value is -3.02. The number of carbonyl (C=O) groups excluding carboxylic acids is 1. The third kappa shape index (κ3) is 2.91. The highest BCUT2D eigenvalue weighted by Gasteiger charge is 2.31. The second-order valence-electron chi connectivity index (χ2n) is 6.17. The van der Waals surface area contributed by atoms with Crippen LogP contribution in [0.2, 0.25) is 0 Å². The van der Waals surface area contributed by atoms with Gasteiger partial charge in [-0.15, -0.1) is 0 Å². The summed E-state index contributed by atoms with van der Waals surface area (Å²) in [6.45, 7) is 2.67. The van der Waals surface area contributed by atoms with Crippen molar-refractivity contribution in [2.45, 2.75) is 25.8 Å². The number of hydrogen-bond acceptors (Lipinski definition) is 4. The number of carbonyl (C=O) groups is 1. The summed E-state index contributed by atoms with van der Waals surface area (Å²) in [6.07, 6.45) is 8.96. The summed E-state index contributed by atoms with van der Waals surface area (Å²) >= 11 is 0. The van der Waals surface area contributed by atoms with Gasteiger partial charge in [-0.05, 0) is 31.9 Å². The van der Waals surface area contributed by atoms with E-state index in [1.807, 2.05) is 52.9 Å². The number of rotatable bonds is 3. The minimum atomic E-state index is -0.0380. The first kappa shape index (κ1) is 15.5. The maximum absolute atomic E-state index is 12.9. The van der Waals surface area contributed by atoms with Crippen molar-refractivity contribution in [3.8, 4) is 5.82 Å². The van der Waals surface area contributed by atoms with Crippen LogP contribution in [-0.2, 0) is 0 Å². The van der Waals surface area contributed by atoms with Crippen molar-refractivity contribution in [3.63, 3.8) is 0 Å². The summed E-state index contributed by atoms with van der Waals surface area (Å²) in [7, 11) is 0. The molecular formula is C19H19N5O. The molecule has 0 N–H and O–H groups in total. The summed E-state index contributed by atoms with van der Waals surface area (Å²) in [6, 6.07) is 9.37. The third-order valence-corrected chi connectivity index (χ3v) is 4.59. The van der Waals surface area contributed by atoms with E-state index in [2.05, 4.69) is 9.97 Å². The molecule has 1 aliphatic rings. The largest absolute Gasteiger partial charge is 0.330 e. The maximum atomic E-state index is 12.9. The number of imidazole rings is 1. The van der Waals surface area contributed by atoms with Gasteiger partial charge in [-0.3, -0.25) is 14.3 Å². The predicted molar refractivity (Wildman–Crippen MR) is 93.3 cm³/mol. The lowest BCUT2D eigenvalue weighted by Crippen LogP contribution is -2.31. The van der Waals surface area contributed by atoms with Gasteiger partial charge in [-0.2, -0.15) is 0 Å². The van der Waals surface area contributed by atoms with Gasteiger partial charge in [-0.1, -0.05) is 18.2 Å². The molecule has 1 aliphatic heterocycles. The topological polar surface area (TPSA) is 63.9 Å². The quantitative estimate of drug-likeness (QED) is 0.739. The van der Waals surface area contributed by atoms with Gasteiger partial charge in [0.2, 0.25) is 0 Å². The van der Waals surface area contributed by atoms with E-state index < -0.39 is 0 Å². The van der Waals surface area contributed by atoms with Crippen LogP contribution in [-0.4, -0.2) is 36.9 Å². The van der Waals surface area contributed by atoms with Gasteiger partial charge in [0.05, 0.1) is 24.1 Å². The molecule has 0 saturated carbocycles.